The molecule has 0 aromatic heterocycles. The van der Waals surface area contributed by atoms with Crippen LogP contribution in [-0.4, -0.2) is 13.0 Å². The minimum Gasteiger partial charge on any atom is -0.378 e. The van der Waals surface area contributed by atoms with Crippen LogP contribution in [0.5, 0.6) is 0 Å². The van der Waals surface area contributed by atoms with Crippen molar-refractivity contribution in [3.8, 4) is 0 Å². The summed E-state index contributed by atoms with van der Waals surface area (Å²) in [6.07, 6.45) is 0. The van der Waals surface area contributed by atoms with Crippen LogP contribution in [0.15, 0.2) is 46.9 Å². The smallest absolute Gasteiger partial charge is 0.251 e. The number of amides is 1. The summed E-state index contributed by atoms with van der Waals surface area (Å²) in [4.78, 5) is 11.4. The van der Waals surface area contributed by atoms with Crippen LogP contribution < -0.4 is 10.6 Å². The fourth-order valence-corrected chi connectivity index (χ4v) is 2.26. The van der Waals surface area contributed by atoms with Crippen molar-refractivity contribution in [2.24, 2.45) is 0 Å². The van der Waals surface area contributed by atoms with Crippen molar-refractivity contribution in [1.82, 2.24) is 5.32 Å². The van der Waals surface area contributed by atoms with Gasteiger partial charge >= 0.3 is 0 Å². The molecule has 0 spiro atoms. The summed E-state index contributed by atoms with van der Waals surface area (Å²) < 4.78 is 14.3. The maximum absolute atomic E-state index is 13.6. The van der Waals surface area contributed by atoms with Gasteiger partial charge in [0.1, 0.15) is 5.82 Å². The lowest BCUT2D eigenvalue weighted by Crippen LogP contribution is -2.17. The molecule has 20 heavy (non-hydrogen) atoms. The van der Waals surface area contributed by atoms with Gasteiger partial charge in [-0.3, -0.25) is 4.79 Å². The molecular weight excluding hydrogens is 323 g/mol. The zero-order valence-corrected chi connectivity index (χ0v) is 12.5. The SMILES string of the molecule is CNC(=O)c1ccc(CNc2c(F)cccc2Br)cc1. The zero-order valence-electron chi connectivity index (χ0n) is 10.9. The minimum atomic E-state index is -0.304. The average Bonchev–Trinajstić information content (AvgIpc) is 2.46. The van der Waals surface area contributed by atoms with Crippen molar-refractivity contribution in [3.05, 3.63) is 63.9 Å². The lowest BCUT2D eigenvalue weighted by Gasteiger charge is -2.10. The second-order valence-corrected chi connectivity index (χ2v) is 5.08. The van der Waals surface area contributed by atoms with Crippen molar-refractivity contribution < 1.29 is 9.18 Å². The molecule has 0 aliphatic heterocycles. The standard InChI is InChI=1S/C15H14BrFN2O/c1-18-15(20)11-7-5-10(6-8-11)9-19-14-12(16)3-2-4-13(14)17/h2-8,19H,9H2,1H3,(H,18,20). The quantitative estimate of drug-likeness (QED) is 0.896. The normalized spacial score (nSPS) is 10.2. The highest BCUT2D eigenvalue weighted by Crippen LogP contribution is 2.25. The largest absolute Gasteiger partial charge is 0.378 e. The number of carbonyl (C=O) groups excluding carboxylic acids is 1. The highest BCUT2D eigenvalue weighted by Gasteiger charge is 2.06. The molecule has 0 saturated heterocycles. The first-order chi connectivity index (χ1) is 9.61. The topological polar surface area (TPSA) is 41.1 Å². The van der Waals surface area contributed by atoms with Gasteiger partial charge in [0.15, 0.2) is 0 Å². The Hall–Kier alpha value is -1.88. The molecule has 2 aromatic rings. The van der Waals surface area contributed by atoms with E-state index in [9.17, 15) is 9.18 Å². The van der Waals surface area contributed by atoms with Crippen LogP contribution in [0.2, 0.25) is 0 Å². The third-order valence-electron chi connectivity index (χ3n) is 2.88. The van der Waals surface area contributed by atoms with Crippen molar-refractivity contribution in [2.75, 3.05) is 12.4 Å². The van der Waals surface area contributed by atoms with Gasteiger partial charge in [0.05, 0.1) is 5.69 Å². The van der Waals surface area contributed by atoms with Crippen LogP contribution in [0.3, 0.4) is 0 Å². The molecule has 104 valence electrons. The van der Waals surface area contributed by atoms with E-state index < -0.39 is 0 Å². The molecule has 0 aliphatic rings. The molecule has 2 N–H and O–H groups in total. The maximum Gasteiger partial charge on any atom is 0.251 e. The van der Waals surface area contributed by atoms with Gasteiger partial charge in [0, 0.05) is 23.6 Å². The van der Waals surface area contributed by atoms with Crippen LogP contribution in [0.4, 0.5) is 10.1 Å². The summed E-state index contributed by atoms with van der Waals surface area (Å²) in [6.45, 7) is 0.480. The van der Waals surface area contributed by atoms with Gasteiger partial charge in [-0.25, -0.2) is 4.39 Å². The van der Waals surface area contributed by atoms with Gasteiger partial charge in [0.2, 0.25) is 0 Å². The van der Waals surface area contributed by atoms with E-state index in [-0.39, 0.29) is 11.7 Å². The number of nitrogens with one attached hydrogen (secondary N) is 2. The number of hydrogen-bond acceptors (Lipinski definition) is 2. The van der Waals surface area contributed by atoms with E-state index >= 15 is 0 Å². The van der Waals surface area contributed by atoms with Gasteiger partial charge in [-0.15, -0.1) is 0 Å². The van der Waals surface area contributed by atoms with Gasteiger partial charge in [-0.2, -0.15) is 0 Å². The Morgan fingerprint density at radius 3 is 2.50 bits per heavy atom. The fourth-order valence-electron chi connectivity index (χ4n) is 1.78. The summed E-state index contributed by atoms with van der Waals surface area (Å²) in [5, 5.41) is 5.60. The third-order valence-corrected chi connectivity index (χ3v) is 3.54. The number of rotatable bonds is 4. The number of benzene rings is 2. The van der Waals surface area contributed by atoms with Gasteiger partial charge in [-0.1, -0.05) is 18.2 Å². The van der Waals surface area contributed by atoms with Gasteiger partial charge in [-0.05, 0) is 45.8 Å². The Morgan fingerprint density at radius 1 is 1.20 bits per heavy atom. The van der Waals surface area contributed by atoms with Crippen LogP contribution in [0.1, 0.15) is 15.9 Å². The molecule has 0 unspecified atom stereocenters. The van der Waals surface area contributed by atoms with E-state index in [2.05, 4.69) is 26.6 Å². The van der Waals surface area contributed by atoms with E-state index in [1.54, 1.807) is 31.3 Å². The van der Waals surface area contributed by atoms with Crippen molar-refractivity contribution in [3.63, 3.8) is 0 Å². The second kappa shape index (κ2) is 6.52. The lowest BCUT2D eigenvalue weighted by atomic mass is 10.1. The summed E-state index contributed by atoms with van der Waals surface area (Å²) in [7, 11) is 1.59. The summed E-state index contributed by atoms with van der Waals surface area (Å²) in [6, 6.07) is 12.0. The highest BCUT2D eigenvalue weighted by molar-refractivity contribution is 9.10. The monoisotopic (exact) mass is 336 g/mol. The molecule has 0 fully saturated rings. The number of para-hydroxylation sites is 1. The van der Waals surface area contributed by atoms with E-state index in [1.165, 1.54) is 6.07 Å². The number of anilines is 1. The molecule has 0 radical (unpaired) electrons. The Kier molecular flexibility index (Phi) is 4.74. The van der Waals surface area contributed by atoms with E-state index in [4.69, 9.17) is 0 Å². The number of hydrogen-bond donors (Lipinski definition) is 2. The zero-order chi connectivity index (χ0) is 14.5. The Bertz CT molecular complexity index is 594. The molecule has 0 heterocycles. The molecule has 5 heteroatoms. The van der Waals surface area contributed by atoms with Crippen LogP contribution >= 0.6 is 15.9 Å². The van der Waals surface area contributed by atoms with Crippen molar-refractivity contribution >= 4 is 27.5 Å². The summed E-state index contributed by atoms with van der Waals surface area (Å²) in [5.74, 6) is -0.428. The molecule has 0 aliphatic carbocycles. The third kappa shape index (κ3) is 3.36. The first-order valence-electron chi connectivity index (χ1n) is 6.10. The Labute approximate surface area is 125 Å². The maximum atomic E-state index is 13.6. The minimum absolute atomic E-state index is 0.124. The van der Waals surface area contributed by atoms with Crippen LogP contribution in [0.25, 0.3) is 0 Å². The van der Waals surface area contributed by atoms with Crippen LogP contribution in [-0.2, 0) is 6.54 Å². The molecule has 1 amide bonds. The van der Waals surface area contributed by atoms with E-state index in [1.807, 2.05) is 12.1 Å². The van der Waals surface area contributed by atoms with Gasteiger partial charge in [0.25, 0.3) is 5.91 Å². The van der Waals surface area contributed by atoms with E-state index in [0.29, 0.717) is 22.3 Å². The molecule has 0 saturated carbocycles. The predicted octanol–water partition coefficient (Wildman–Crippen LogP) is 3.56. The molecule has 2 aromatic carbocycles. The lowest BCUT2D eigenvalue weighted by molar-refractivity contribution is 0.0963. The molecule has 3 nitrogen and oxygen atoms in total. The van der Waals surface area contributed by atoms with Crippen LogP contribution in [0, 0.1) is 5.82 Å². The van der Waals surface area contributed by atoms with Crippen molar-refractivity contribution in [2.45, 2.75) is 6.54 Å². The van der Waals surface area contributed by atoms with Gasteiger partial charge < -0.3 is 10.6 Å². The molecule has 2 rings (SSSR count). The summed E-state index contributed by atoms with van der Waals surface area (Å²) in [5.41, 5.74) is 2.00. The first kappa shape index (κ1) is 14.5. The molecule has 0 atom stereocenters. The number of carbonyl (C=O) groups is 1. The average molecular weight is 337 g/mol. The first-order valence-corrected chi connectivity index (χ1v) is 6.90. The molecular formula is C15H14BrFN2O. The van der Waals surface area contributed by atoms with Crippen molar-refractivity contribution in [1.29, 1.82) is 0 Å². The highest BCUT2D eigenvalue weighted by atomic mass is 79.9. The predicted molar refractivity (Wildman–Crippen MR) is 81.3 cm³/mol. The number of halogens is 2. The Morgan fingerprint density at radius 2 is 1.90 bits per heavy atom. The second-order valence-electron chi connectivity index (χ2n) is 4.23. The summed E-state index contributed by atoms with van der Waals surface area (Å²) >= 11 is 3.31. The van der Waals surface area contributed by atoms with E-state index in [0.717, 1.165) is 5.56 Å². The Balaban J connectivity index is 2.06. The molecule has 0 bridgehead atoms. The fraction of sp³-hybridized carbons (Fsp3) is 0.133.